The standard InChI is InChI=1S/C22H30N4O3/c27-22(23-14-17-6-2-1-3-7-17)26-12-10-19(15-26)21-24-20(25-29-21)11-13-28-16-18-8-4-5-9-18/h1-3,6-7,18-19H,4-5,8-16H2,(H,23,27). The molecule has 7 nitrogen and oxygen atoms in total. The van der Waals surface area contributed by atoms with E-state index in [-0.39, 0.29) is 11.9 Å². The Balaban J connectivity index is 1.18. The molecule has 1 aliphatic carbocycles. The lowest BCUT2D eigenvalue weighted by molar-refractivity contribution is 0.102. The van der Waals surface area contributed by atoms with E-state index < -0.39 is 0 Å². The summed E-state index contributed by atoms with van der Waals surface area (Å²) < 4.78 is 11.2. The summed E-state index contributed by atoms with van der Waals surface area (Å²) in [7, 11) is 0. The van der Waals surface area contributed by atoms with Gasteiger partial charge in [0.25, 0.3) is 0 Å². The maximum absolute atomic E-state index is 12.4. The molecule has 0 spiro atoms. The van der Waals surface area contributed by atoms with Crippen LogP contribution in [0.1, 0.15) is 55.3 Å². The summed E-state index contributed by atoms with van der Waals surface area (Å²) in [6, 6.07) is 9.88. The summed E-state index contributed by atoms with van der Waals surface area (Å²) in [6.45, 7) is 3.33. The first-order valence-corrected chi connectivity index (χ1v) is 10.7. The molecule has 1 unspecified atom stereocenters. The average molecular weight is 399 g/mol. The fourth-order valence-electron chi connectivity index (χ4n) is 4.16. The van der Waals surface area contributed by atoms with Gasteiger partial charge >= 0.3 is 6.03 Å². The van der Waals surface area contributed by atoms with Crippen molar-refractivity contribution in [3.8, 4) is 0 Å². The molecule has 1 saturated heterocycles. The first kappa shape index (κ1) is 19.9. The van der Waals surface area contributed by atoms with E-state index >= 15 is 0 Å². The Labute approximate surface area is 171 Å². The molecule has 7 heteroatoms. The monoisotopic (exact) mass is 398 g/mol. The Morgan fingerprint density at radius 2 is 2.03 bits per heavy atom. The Kier molecular flexibility index (Phi) is 6.77. The molecule has 1 aliphatic heterocycles. The Morgan fingerprint density at radius 1 is 1.21 bits per heavy atom. The van der Waals surface area contributed by atoms with Crippen molar-refractivity contribution in [2.45, 2.75) is 51.0 Å². The van der Waals surface area contributed by atoms with Crippen LogP contribution in [-0.2, 0) is 17.7 Å². The molecule has 156 valence electrons. The van der Waals surface area contributed by atoms with Gasteiger partial charge < -0.3 is 19.5 Å². The zero-order valence-electron chi connectivity index (χ0n) is 16.9. The van der Waals surface area contributed by atoms with Crippen LogP contribution in [0.5, 0.6) is 0 Å². The van der Waals surface area contributed by atoms with E-state index in [4.69, 9.17) is 9.26 Å². The Morgan fingerprint density at radius 3 is 2.86 bits per heavy atom. The van der Waals surface area contributed by atoms with Crippen LogP contribution >= 0.6 is 0 Å². The highest BCUT2D eigenvalue weighted by Gasteiger charge is 2.31. The number of nitrogens with one attached hydrogen (secondary N) is 1. The molecular weight excluding hydrogens is 368 g/mol. The average Bonchev–Trinajstić information content (AvgIpc) is 3.51. The van der Waals surface area contributed by atoms with Gasteiger partial charge in [-0.1, -0.05) is 48.3 Å². The van der Waals surface area contributed by atoms with Crippen LogP contribution in [0.2, 0.25) is 0 Å². The quantitative estimate of drug-likeness (QED) is 0.688. The molecule has 2 aliphatic rings. The number of amides is 2. The number of benzene rings is 1. The zero-order chi connectivity index (χ0) is 19.9. The summed E-state index contributed by atoms with van der Waals surface area (Å²) in [5.41, 5.74) is 1.09. The molecule has 1 aromatic carbocycles. The van der Waals surface area contributed by atoms with Gasteiger partial charge in [0.15, 0.2) is 5.82 Å². The number of carbonyl (C=O) groups excluding carboxylic acids is 1. The number of rotatable bonds is 8. The van der Waals surface area contributed by atoms with Gasteiger partial charge in [-0.15, -0.1) is 0 Å². The number of ether oxygens (including phenoxy) is 1. The number of hydrogen-bond donors (Lipinski definition) is 1. The van der Waals surface area contributed by atoms with Gasteiger partial charge in [-0.3, -0.25) is 0 Å². The molecule has 2 fully saturated rings. The SMILES string of the molecule is O=C(NCc1ccccc1)N1CCC(c2nc(CCOCC3CCCC3)no2)C1. The van der Waals surface area contributed by atoms with E-state index in [9.17, 15) is 4.79 Å². The molecule has 2 amide bonds. The van der Waals surface area contributed by atoms with E-state index in [1.807, 2.05) is 35.2 Å². The normalized spacial score (nSPS) is 19.7. The largest absolute Gasteiger partial charge is 0.381 e. The van der Waals surface area contributed by atoms with Crippen LogP contribution in [0.15, 0.2) is 34.9 Å². The summed E-state index contributed by atoms with van der Waals surface area (Å²) in [4.78, 5) is 18.8. The van der Waals surface area contributed by atoms with Gasteiger partial charge in [0, 0.05) is 32.7 Å². The van der Waals surface area contributed by atoms with Crippen LogP contribution in [-0.4, -0.2) is 47.4 Å². The number of urea groups is 1. The summed E-state index contributed by atoms with van der Waals surface area (Å²) >= 11 is 0. The first-order valence-electron chi connectivity index (χ1n) is 10.7. The van der Waals surface area contributed by atoms with Gasteiger partial charge in [-0.05, 0) is 30.7 Å². The van der Waals surface area contributed by atoms with Gasteiger partial charge in [-0.2, -0.15) is 4.98 Å². The highest BCUT2D eigenvalue weighted by atomic mass is 16.5. The number of hydrogen-bond acceptors (Lipinski definition) is 5. The van der Waals surface area contributed by atoms with E-state index in [0.717, 1.165) is 24.5 Å². The second-order valence-electron chi connectivity index (χ2n) is 8.10. The molecular formula is C22H30N4O3. The van der Waals surface area contributed by atoms with Crippen LogP contribution in [0.25, 0.3) is 0 Å². The maximum atomic E-state index is 12.4. The van der Waals surface area contributed by atoms with Crippen LogP contribution in [0, 0.1) is 5.92 Å². The van der Waals surface area contributed by atoms with E-state index in [1.165, 1.54) is 25.7 Å². The molecule has 4 rings (SSSR count). The van der Waals surface area contributed by atoms with Crippen molar-refractivity contribution in [2.24, 2.45) is 5.92 Å². The minimum absolute atomic E-state index is 0.0450. The van der Waals surface area contributed by atoms with Crippen molar-refractivity contribution in [2.75, 3.05) is 26.3 Å². The third-order valence-electron chi connectivity index (χ3n) is 5.89. The third-order valence-corrected chi connectivity index (χ3v) is 5.89. The van der Waals surface area contributed by atoms with E-state index in [0.29, 0.717) is 44.4 Å². The second-order valence-corrected chi connectivity index (χ2v) is 8.10. The summed E-state index contributed by atoms with van der Waals surface area (Å²) in [5.74, 6) is 2.17. The topological polar surface area (TPSA) is 80.5 Å². The molecule has 2 heterocycles. The highest BCUT2D eigenvalue weighted by Crippen LogP contribution is 2.26. The Bertz CT molecular complexity index is 773. The molecule has 1 N–H and O–H groups in total. The van der Waals surface area contributed by atoms with Crippen LogP contribution < -0.4 is 5.32 Å². The van der Waals surface area contributed by atoms with Crippen molar-refractivity contribution >= 4 is 6.03 Å². The summed E-state index contributed by atoms with van der Waals surface area (Å²) in [5, 5.41) is 7.07. The molecule has 0 bridgehead atoms. The number of aromatic nitrogens is 2. The first-order chi connectivity index (χ1) is 14.3. The van der Waals surface area contributed by atoms with Crippen LogP contribution in [0.3, 0.4) is 0 Å². The zero-order valence-corrected chi connectivity index (χ0v) is 16.9. The smallest absolute Gasteiger partial charge is 0.317 e. The highest BCUT2D eigenvalue weighted by molar-refractivity contribution is 5.74. The third kappa shape index (κ3) is 5.56. The number of nitrogens with zero attached hydrogens (tertiary/aromatic N) is 3. The number of likely N-dealkylation sites (tertiary alicyclic amines) is 1. The van der Waals surface area contributed by atoms with Gasteiger partial charge in [-0.25, -0.2) is 4.79 Å². The predicted molar refractivity (Wildman–Crippen MR) is 108 cm³/mol. The van der Waals surface area contributed by atoms with Crippen molar-refractivity contribution in [3.05, 3.63) is 47.6 Å². The second kappa shape index (κ2) is 9.87. The molecule has 29 heavy (non-hydrogen) atoms. The number of carbonyl (C=O) groups is 1. The van der Waals surface area contributed by atoms with Crippen molar-refractivity contribution < 1.29 is 14.1 Å². The van der Waals surface area contributed by atoms with Crippen molar-refractivity contribution in [3.63, 3.8) is 0 Å². The predicted octanol–water partition coefficient (Wildman–Crippen LogP) is 3.52. The van der Waals surface area contributed by atoms with Gasteiger partial charge in [0.1, 0.15) is 0 Å². The van der Waals surface area contributed by atoms with E-state index in [2.05, 4.69) is 15.5 Å². The minimum atomic E-state index is -0.0450. The molecule has 1 aromatic heterocycles. The molecule has 1 saturated carbocycles. The lowest BCUT2D eigenvalue weighted by Gasteiger charge is -2.16. The van der Waals surface area contributed by atoms with Gasteiger partial charge in [0.05, 0.1) is 12.5 Å². The minimum Gasteiger partial charge on any atom is -0.381 e. The lowest BCUT2D eigenvalue weighted by atomic mass is 10.1. The van der Waals surface area contributed by atoms with Crippen LogP contribution in [0.4, 0.5) is 4.79 Å². The van der Waals surface area contributed by atoms with Crippen molar-refractivity contribution in [1.29, 1.82) is 0 Å². The van der Waals surface area contributed by atoms with Crippen molar-refractivity contribution in [1.82, 2.24) is 20.4 Å². The van der Waals surface area contributed by atoms with Gasteiger partial charge in [0.2, 0.25) is 5.89 Å². The lowest BCUT2D eigenvalue weighted by Crippen LogP contribution is -2.37. The summed E-state index contributed by atoms with van der Waals surface area (Å²) in [6.07, 6.45) is 6.78. The maximum Gasteiger partial charge on any atom is 0.317 e. The van der Waals surface area contributed by atoms with E-state index in [1.54, 1.807) is 0 Å². The molecule has 2 aromatic rings. The fraction of sp³-hybridized carbons (Fsp3) is 0.591. The molecule has 0 radical (unpaired) electrons. The fourth-order valence-corrected chi connectivity index (χ4v) is 4.16. The molecule has 1 atom stereocenters. The Hall–Kier alpha value is -2.41.